The Morgan fingerprint density at radius 2 is 1.89 bits per heavy atom. The molecule has 1 aliphatic rings. The molecule has 0 atom stereocenters. The van der Waals surface area contributed by atoms with Gasteiger partial charge in [-0.05, 0) is 43.9 Å². The van der Waals surface area contributed by atoms with E-state index in [4.69, 9.17) is 0 Å². The van der Waals surface area contributed by atoms with Gasteiger partial charge in [0.2, 0.25) is 5.91 Å². The Labute approximate surface area is 114 Å². The van der Waals surface area contributed by atoms with E-state index in [1.54, 1.807) is 0 Å². The van der Waals surface area contributed by atoms with Crippen LogP contribution in [0.3, 0.4) is 0 Å². The summed E-state index contributed by atoms with van der Waals surface area (Å²) in [6.07, 6.45) is 1.49. The lowest BCUT2D eigenvalue weighted by molar-refractivity contribution is -0.130. The van der Waals surface area contributed by atoms with Crippen molar-refractivity contribution in [2.75, 3.05) is 0 Å². The fourth-order valence-electron chi connectivity index (χ4n) is 3.26. The van der Waals surface area contributed by atoms with E-state index in [2.05, 4.69) is 11.4 Å². The van der Waals surface area contributed by atoms with Gasteiger partial charge in [-0.1, -0.05) is 26.0 Å². The van der Waals surface area contributed by atoms with Crippen LogP contribution in [0.15, 0.2) is 18.2 Å². The van der Waals surface area contributed by atoms with Gasteiger partial charge in [-0.3, -0.25) is 4.79 Å². The molecule has 0 bridgehead atoms. The van der Waals surface area contributed by atoms with Crippen molar-refractivity contribution >= 4 is 5.91 Å². The van der Waals surface area contributed by atoms with Gasteiger partial charge in [0.15, 0.2) is 0 Å². The summed E-state index contributed by atoms with van der Waals surface area (Å²) in [7, 11) is 0. The highest BCUT2D eigenvalue weighted by Crippen LogP contribution is 2.43. The number of nitrogens with one attached hydrogen (secondary N) is 1. The zero-order valence-electron chi connectivity index (χ0n) is 12.0. The number of fused-ring (bicyclic) bond motifs is 1. The van der Waals surface area contributed by atoms with Crippen LogP contribution in [0.5, 0.6) is 0 Å². The summed E-state index contributed by atoms with van der Waals surface area (Å²) in [6.45, 7) is 7.98. The molecule has 19 heavy (non-hydrogen) atoms. The van der Waals surface area contributed by atoms with Crippen LogP contribution in [0, 0.1) is 11.3 Å². The second-order valence-electron chi connectivity index (χ2n) is 5.71. The van der Waals surface area contributed by atoms with Crippen molar-refractivity contribution in [1.82, 2.24) is 5.32 Å². The molecule has 0 saturated heterocycles. The van der Waals surface area contributed by atoms with Crippen LogP contribution >= 0.6 is 0 Å². The molecular weight excluding hydrogens is 236 g/mol. The van der Waals surface area contributed by atoms with Gasteiger partial charge in [0.1, 0.15) is 0 Å². The van der Waals surface area contributed by atoms with Crippen LogP contribution in [-0.2, 0) is 15.7 Å². The number of hydrogen-bond acceptors (Lipinski definition) is 2. The van der Waals surface area contributed by atoms with E-state index in [-0.39, 0.29) is 5.91 Å². The maximum Gasteiger partial charge on any atom is 0.231 e. The van der Waals surface area contributed by atoms with E-state index in [0.29, 0.717) is 5.56 Å². The van der Waals surface area contributed by atoms with Crippen molar-refractivity contribution in [2.45, 2.75) is 51.5 Å². The fraction of sp³-hybridized carbons (Fsp3) is 0.500. The molecule has 0 unspecified atom stereocenters. The van der Waals surface area contributed by atoms with E-state index in [1.807, 2.05) is 45.9 Å². The van der Waals surface area contributed by atoms with Gasteiger partial charge >= 0.3 is 0 Å². The molecule has 0 saturated carbocycles. The molecule has 2 rings (SSSR count). The number of benzene rings is 1. The minimum atomic E-state index is -0.502. The summed E-state index contributed by atoms with van der Waals surface area (Å²) >= 11 is 0. The molecular formula is C16H20N2O. The first-order valence-electron chi connectivity index (χ1n) is 6.79. The Bertz CT molecular complexity index is 563. The van der Waals surface area contributed by atoms with Gasteiger partial charge in [0, 0.05) is 0 Å². The SMILES string of the molecule is CCC1(CC)C(=O)NC(C)(C)c2c(C#N)cccc21. The van der Waals surface area contributed by atoms with Gasteiger partial charge in [-0.2, -0.15) is 5.26 Å². The monoisotopic (exact) mass is 256 g/mol. The number of amides is 1. The van der Waals surface area contributed by atoms with Gasteiger partial charge in [-0.15, -0.1) is 0 Å². The number of nitrogens with zero attached hydrogens (tertiary/aromatic N) is 1. The van der Waals surface area contributed by atoms with Gasteiger partial charge in [0.05, 0.1) is 22.6 Å². The molecule has 100 valence electrons. The van der Waals surface area contributed by atoms with Crippen molar-refractivity contribution < 1.29 is 4.79 Å². The van der Waals surface area contributed by atoms with E-state index in [0.717, 1.165) is 24.0 Å². The van der Waals surface area contributed by atoms with Crippen molar-refractivity contribution in [3.8, 4) is 6.07 Å². The van der Waals surface area contributed by atoms with Gasteiger partial charge in [-0.25, -0.2) is 0 Å². The number of nitriles is 1. The van der Waals surface area contributed by atoms with Gasteiger partial charge < -0.3 is 5.32 Å². The van der Waals surface area contributed by atoms with Gasteiger partial charge in [0.25, 0.3) is 0 Å². The van der Waals surface area contributed by atoms with E-state index >= 15 is 0 Å². The zero-order chi connectivity index (χ0) is 14.3. The van der Waals surface area contributed by atoms with E-state index in [1.165, 1.54) is 0 Å². The molecule has 0 spiro atoms. The standard InChI is InChI=1S/C16H20N2O/c1-5-16(6-2)12-9-7-8-11(10-17)13(12)15(3,4)18-14(16)19/h7-9H,5-6H2,1-4H3,(H,18,19). The third-order valence-corrected chi connectivity index (χ3v) is 4.39. The second kappa shape index (κ2) is 4.38. The third-order valence-electron chi connectivity index (χ3n) is 4.39. The van der Waals surface area contributed by atoms with E-state index in [9.17, 15) is 10.1 Å². The minimum Gasteiger partial charge on any atom is -0.346 e. The Hall–Kier alpha value is -1.82. The molecule has 0 aromatic heterocycles. The predicted molar refractivity (Wildman–Crippen MR) is 74.6 cm³/mol. The average Bonchev–Trinajstić information content (AvgIpc) is 2.38. The van der Waals surface area contributed by atoms with Crippen LogP contribution < -0.4 is 5.32 Å². The molecule has 1 heterocycles. The highest BCUT2D eigenvalue weighted by atomic mass is 16.2. The molecule has 1 aromatic rings. The minimum absolute atomic E-state index is 0.0742. The molecule has 0 fully saturated rings. The Balaban J connectivity index is 2.83. The largest absolute Gasteiger partial charge is 0.346 e. The molecule has 1 N–H and O–H groups in total. The van der Waals surface area contributed by atoms with E-state index < -0.39 is 11.0 Å². The third kappa shape index (κ3) is 1.74. The molecule has 0 radical (unpaired) electrons. The Morgan fingerprint density at radius 3 is 2.42 bits per heavy atom. The van der Waals surface area contributed by atoms with Crippen molar-refractivity contribution in [1.29, 1.82) is 5.26 Å². The molecule has 3 heteroatoms. The maximum absolute atomic E-state index is 12.6. The first-order valence-corrected chi connectivity index (χ1v) is 6.79. The van der Waals surface area contributed by atoms with Crippen molar-refractivity contribution in [2.24, 2.45) is 0 Å². The average molecular weight is 256 g/mol. The van der Waals surface area contributed by atoms with Crippen molar-refractivity contribution in [3.63, 3.8) is 0 Å². The summed E-state index contributed by atoms with van der Waals surface area (Å²) in [5.41, 5.74) is 1.66. The van der Waals surface area contributed by atoms with Crippen LogP contribution in [0.1, 0.15) is 57.2 Å². The highest BCUT2D eigenvalue weighted by Gasteiger charge is 2.47. The number of hydrogen-bond donors (Lipinski definition) is 1. The smallest absolute Gasteiger partial charge is 0.231 e. The second-order valence-corrected chi connectivity index (χ2v) is 5.71. The van der Waals surface area contributed by atoms with Crippen LogP contribution in [-0.4, -0.2) is 5.91 Å². The first-order chi connectivity index (χ1) is 8.93. The predicted octanol–water partition coefficient (Wildman–Crippen LogP) is 2.98. The maximum atomic E-state index is 12.6. The lowest BCUT2D eigenvalue weighted by Gasteiger charge is -2.44. The Morgan fingerprint density at radius 1 is 1.26 bits per heavy atom. The van der Waals surface area contributed by atoms with Crippen LogP contribution in [0.25, 0.3) is 0 Å². The lowest BCUT2D eigenvalue weighted by Crippen LogP contribution is -2.56. The number of rotatable bonds is 2. The summed E-state index contributed by atoms with van der Waals surface area (Å²) in [5, 5.41) is 12.4. The Kier molecular flexibility index (Phi) is 3.14. The summed E-state index contributed by atoms with van der Waals surface area (Å²) < 4.78 is 0. The molecule has 1 aromatic carbocycles. The summed E-state index contributed by atoms with van der Waals surface area (Å²) in [5.74, 6) is 0.0742. The number of carbonyl (C=O) groups excluding carboxylic acids is 1. The fourth-order valence-corrected chi connectivity index (χ4v) is 3.26. The first kappa shape index (κ1) is 13.6. The van der Waals surface area contributed by atoms with Crippen LogP contribution in [0.2, 0.25) is 0 Å². The lowest BCUT2D eigenvalue weighted by atomic mass is 9.66. The summed E-state index contributed by atoms with van der Waals surface area (Å²) in [4.78, 5) is 12.6. The molecule has 1 amide bonds. The topological polar surface area (TPSA) is 52.9 Å². The highest BCUT2D eigenvalue weighted by molar-refractivity contribution is 5.91. The molecule has 1 aliphatic heterocycles. The molecule has 0 aliphatic carbocycles. The normalized spacial score (nSPS) is 19.2. The number of carbonyl (C=O) groups is 1. The quantitative estimate of drug-likeness (QED) is 0.884. The summed E-state index contributed by atoms with van der Waals surface area (Å²) in [6, 6.07) is 7.97. The van der Waals surface area contributed by atoms with Crippen molar-refractivity contribution in [3.05, 3.63) is 34.9 Å². The zero-order valence-corrected chi connectivity index (χ0v) is 12.0. The molecule has 3 nitrogen and oxygen atoms in total. The van der Waals surface area contributed by atoms with Crippen LogP contribution in [0.4, 0.5) is 0 Å².